The summed E-state index contributed by atoms with van der Waals surface area (Å²) in [5, 5.41) is 15.1. The smallest absolute Gasteiger partial charge is 0.363 e. The van der Waals surface area contributed by atoms with Gasteiger partial charge >= 0.3 is 5.97 Å². The van der Waals surface area contributed by atoms with E-state index < -0.39 is 11.9 Å². The van der Waals surface area contributed by atoms with E-state index in [0.29, 0.717) is 0 Å². The lowest BCUT2D eigenvalue weighted by atomic mass is 10.1. The molecule has 0 saturated heterocycles. The van der Waals surface area contributed by atoms with Gasteiger partial charge in [-0.3, -0.25) is 0 Å². The third kappa shape index (κ3) is 1.74. The van der Waals surface area contributed by atoms with Crippen LogP contribution in [0.2, 0.25) is 0 Å². The van der Waals surface area contributed by atoms with Gasteiger partial charge in [0.15, 0.2) is 6.72 Å². The fourth-order valence-electron chi connectivity index (χ4n) is 1.05. The first-order valence-electron chi connectivity index (χ1n) is 3.95. The summed E-state index contributed by atoms with van der Waals surface area (Å²) in [7, 11) is 2.39. The van der Waals surface area contributed by atoms with Crippen molar-refractivity contribution in [3.63, 3.8) is 0 Å². The van der Waals surface area contributed by atoms with Crippen molar-refractivity contribution in [3.05, 3.63) is 23.8 Å². The molecule has 0 bridgehead atoms. The van der Waals surface area contributed by atoms with Gasteiger partial charge in [0.25, 0.3) is 0 Å². The largest absolute Gasteiger partial charge is 0.616 e. The van der Waals surface area contributed by atoms with Crippen molar-refractivity contribution in [2.45, 2.75) is 0 Å². The van der Waals surface area contributed by atoms with E-state index in [1.54, 1.807) is 0 Å². The van der Waals surface area contributed by atoms with Crippen LogP contribution in [-0.4, -0.2) is 37.3 Å². The summed E-state index contributed by atoms with van der Waals surface area (Å²) in [4.78, 5) is 11.3. The molecule has 0 aromatic carbocycles. The van der Waals surface area contributed by atoms with Crippen molar-refractivity contribution in [3.8, 4) is 0 Å². The number of ether oxygens (including phenoxy) is 2. The predicted octanol–water partition coefficient (Wildman–Crippen LogP) is -1.03. The third-order valence-electron chi connectivity index (χ3n) is 1.83. The normalized spacial score (nSPS) is 18.7. The van der Waals surface area contributed by atoms with Gasteiger partial charge < -0.3 is 14.6 Å². The Morgan fingerprint density at radius 1 is 1.47 bits per heavy atom. The number of hydrazone groups is 1. The zero-order chi connectivity index (χ0) is 11.6. The lowest BCUT2D eigenvalue weighted by Crippen LogP contribution is -2.21. The minimum absolute atomic E-state index is 0.0284. The van der Waals surface area contributed by atoms with Gasteiger partial charge in [0.2, 0.25) is 11.4 Å². The maximum atomic E-state index is 11.3. The molecule has 0 amide bonds. The molecule has 0 spiro atoms. The average Bonchev–Trinajstić information content (AvgIpc) is 2.53. The van der Waals surface area contributed by atoms with Crippen LogP contribution in [0.1, 0.15) is 0 Å². The summed E-state index contributed by atoms with van der Waals surface area (Å²) in [5.74, 6) is -1.43. The monoisotopic (exact) mass is 210 g/mol. The van der Waals surface area contributed by atoms with Crippen LogP contribution in [0.25, 0.3) is 0 Å². The number of nitrogens with zero attached hydrogens (tertiary/aromatic N) is 2. The molecule has 0 fully saturated rings. The fourth-order valence-corrected chi connectivity index (χ4v) is 1.05. The molecule has 0 aliphatic carbocycles. The molecule has 80 valence electrons. The highest BCUT2D eigenvalue weighted by Crippen LogP contribution is 2.21. The van der Waals surface area contributed by atoms with Gasteiger partial charge in [-0.2, -0.15) is 0 Å². The summed E-state index contributed by atoms with van der Waals surface area (Å²) >= 11 is 0. The van der Waals surface area contributed by atoms with Crippen LogP contribution in [0.3, 0.4) is 0 Å². The highest BCUT2D eigenvalue weighted by molar-refractivity contribution is 6.44. The molecule has 15 heavy (non-hydrogen) atoms. The molecule has 1 heterocycles. The molecular formula is C9H10N2O4. The molecule has 0 aromatic rings. The third-order valence-corrected chi connectivity index (χ3v) is 1.83. The molecule has 0 atom stereocenters. The first kappa shape index (κ1) is 11.0. The van der Waals surface area contributed by atoms with E-state index in [1.165, 1.54) is 14.2 Å². The van der Waals surface area contributed by atoms with Crippen molar-refractivity contribution in [1.29, 1.82) is 0 Å². The number of carbonyl (C=O) groups is 1. The standard InChI is InChI=1S/C9H10N2O4/c1-5-6(8(12)14-3)7(9(13)15-4)10-11(5)2/h1-2H2,3-4H3. The van der Waals surface area contributed by atoms with Crippen molar-refractivity contribution in [2.24, 2.45) is 5.10 Å². The van der Waals surface area contributed by atoms with E-state index in [-0.39, 0.29) is 17.0 Å². The SMILES string of the molecule is C=C1/C(=C(/[O-])OC)C(C(=O)OC)=N[N+]1=C. The van der Waals surface area contributed by atoms with E-state index in [0.717, 1.165) is 4.68 Å². The average molecular weight is 210 g/mol. The molecule has 1 aliphatic heterocycles. The van der Waals surface area contributed by atoms with Crippen LogP contribution in [0.5, 0.6) is 0 Å². The summed E-state index contributed by atoms with van der Waals surface area (Å²) in [6.45, 7) is 7.02. The fraction of sp³-hybridized carbons (Fsp3) is 0.222. The van der Waals surface area contributed by atoms with E-state index >= 15 is 0 Å². The van der Waals surface area contributed by atoms with Crippen LogP contribution in [-0.2, 0) is 14.3 Å². The Labute approximate surface area is 86.4 Å². The number of methoxy groups -OCH3 is 2. The number of esters is 1. The topological polar surface area (TPSA) is 74.0 Å². The Balaban J connectivity index is 3.26. The second-order valence-corrected chi connectivity index (χ2v) is 2.65. The molecule has 0 saturated carbocycles. The van der Waals surface area contributed by atoms with Crippen molar-refractivity contribution in [1.82, 2.24) is 0 Å². The van der Waals surface area contributed by atoms with Gasteiger partial charge in [0.05, 0.1) is 13.1 Å². The minimum atomic E-state index is -0.734. The summed E-state index contributed by atoms with van der Waals surface area (Å²) < 4.78 is 10.0. The maximum Gasteiger partial charge on any atom is 0.363 e. The number of rotatable bonds is 2. The van der Waals surface area contributed by atoms with Crippen LogP contribution in [0.15, 0.2) is 28.9 Å². The van der Waals surface area contributed by atoms with Gasteiger partial charge in [0, 0.05) is 5.10 Å². The zero-order valence-electron chi connectivity index (χ0n) is 8.44. The van der Waals surface area contributed by atoms with Crippen LogP contribution >= 0.6 is 0 Å². The molecule has 0 N–H and O–H groups in total. The Morgan fingerprint density at radius 3 is 2.53 bits per heavy atom. The van der Waals surface area contributed by atoms with E-state index in [9.17, 15) is 9.90 Å². The first-order chi connectivity index (χ1) is 7.02. The molecule has 0 radical (unpaired) electrons. The zero-order valence-corrected chi connectivity index (χ0v) is 8.44. The number of carbonyl (C=O) groups excluding carboxylic acids is 1. The van der Waals surface area contributed by atoms with Crippen molar-refractivity contribution in [2.75, 3.05) is 14.2 Å². The molecular weight excluding hydrogens is 200 g/mol. The second kappa shape index (κ2) is 3.95. The Bertz CT molecular complexity index is 406. The Morgan fingerprint density at radius 2 is 2.07 bits per heavy atom. The van der Waals surface area contributed by atoms with E-state index in [4.69, 9.17) is 0 Å². The maximum absolute atomic E-state index is 11.3. The van der Waals surface area contributed by atoms with Crippen LogP contribution in [0, 0.1) is 0 Å². The van der Waals surface area contributed by atoms with Crippen LogP contribution < -0.4 is 5.11 Å². The summed E-state index contributed by atoms with van der Waals surface area (Å²) in [6, 6.07) is 0. The lowest BCUT2D eigenvalue weighted by molar-refractivity contribution is -0.463. The quantitative estimate of drug-likeness (QED) is 0.332. The van der Waals surface area contributed by atoms with E-state index in [1.807, 2.05) is 0 Å². The van der Waals surface area contributed by atoms with Crippen LogP contribution in [0.4, 0.5) is 0 Å². The number of hydrogen-bond acceptors (Lipinski definition) is 5. The van der Waals surface area contributed by atoms with Gasteiger partial charge in [-0.25, -0.2) is 4.79 Å². The summed E-state index contributed by atoms with van der Waals surface area (Å²) in [6.07, 6.45) is 0. The first-order valence-corrected chi connectivity index (χ1v) is 3.95. The highest BCUT2D eigenvalue weighted by atomic mass is 16.6. The molecule has 0 aromatic heterocycles. The molecule has 6 nitrogen and oxygen atoms in total. The number of hydrogen-bond donors (Lipinski definition) is 0. The van der Waals surface area contributed by atoms with Crippen molar-refractivity contribution < 1.29 is 24.1 Å². The highest BCUT2D eigenvalue weighted by Gasteiger charge is 2.36. The van der Waals surface area contributed by atoms with Crippen molar-refractivity contribution >= 4 is 18.4 Å². The molecule has 0 unspecified atom stereocenters. The Kier molecular flexibility index (Phi) is 2.89. The van der Waals surface area contributed by atoms with Gasteiger partial charge in [-0.15, -0.1) is 0 Å². The van der Waals surface area contributed by atoms with Gasteiger partial charge in [-0.1, -0.05) is 4.68 Å². The van der Waals surface area contributed by atoms with E-state index in [2.05, 4.69) is 27.9 Å². The summed E-state index contributed by atoms with van der Waals surface area (Å²) in [5.41, 5.74) is 0.0194. The molecule has 6 heteroatoms. The van der Waals surface area contributed by atoms with Gasteiger partial charge in [-0.05, 0) is 13.7 Å². The minimum Gasteiger partial charge on any atom is -0.616 e. The van der Waals surface area contributed by atoms with Gasteiger partial charge in [0.1, 0.15) is 5.57 Å². The molecule has 1 rings (SSSR count). The Hall–Kier alpha value is -2.11. The lowest BCUT2D eigenvalue weighted by Gasteiger charge is -2.10. The second-order valence-electron chi connectivity index (χ2n) is 2.65. The predicted molar refractivity (Wildman–Crippen MR) is 50.0 cm³/mol. The molecule has 1 aliphatic rings. The number of allylic oxidation sites excluding steroid dienone is 1.